The zero-order valence-corrected chi connectivity index (χ0v) is 9.75. The van der Waals surface area contributed by atoms with Crippen LogP contribution in [0.5, 0.6) is 0 Å². The minimum atomic E-state index is -0.377. The molecule has 0 heterocycles. The summed E-state index contributed by atoms with van der Waals surface area (Å²) < 4.78 is 0. The first-order valence-corrected chi connectivity index (χ1v) is 5.54. The molecule has 0 rings (SSSR count). The summed E-state index contributed by atoms with van der Waals surface area (Å²) in [7, 11) is 0. The number of carbonyl (C=O) groups excluding carboxylic acids is 1. The van der Waals surface area contributed by atoms with Crippen LogP contribution in [0.15, 0.2) is 0 Å². The van der Waals surface area contributed by atoms with Crippen LogP contribution in [-0.4, -0.2) is 18.5 Å². The van der Waals surface area contributed by atoms with E-state index in [-0.39, 0.29) is 11.9 Å². The van der Waals surface area contributed by atoms with Crippen molar-refractivity contribution < 1.29 is 4.79 Å². The van der Waals surface area contributed by atoms with E-state index in [1.807, 2.05) is 0 Å². The number of hydrogen-bond acceptors (Lipinski definition) is 2. The Bertz CT molecular complexity index is 218. The number of rotatable bonds is 7. The van der Waals surface area contributed by atoms with Crippen molar-refractivity contribution in [2.24, 2.45) is 11.7 Å². The fourth-order valence-electron chi connectivity index (χ4n) is 1.31. The number of terminal acetylenes is 1. The monoisotopic (exact) mass is 210 g/mol. The van der Waals surface area contributed by atoms with Gasteiger partial charge in [0.1, 0.15) is 0 Å². The van der Waals surface area contributed by atoms with Crippen molar-refractivity contribution in [3.63, 3.8) is 0 Å². The lowest BCUT2D eigenvalue weighted by atomic mass is 10.0. The molecule has 0 spiro atoms. The number of nitrogens with two attached hydrogens (primary N) is 1. The van der Waals surface area contributed by atoms with Crippen LogP contribution in [0, 0.1) is 18.3 Å². The topological polar surface area (TPSA) is 55.1 Å². The molecule has 3 nitrogen and oxygen atoms in total. The van der Waals surface area contributed by atoms with Crippen LogP contribution in [0.4, 0.5) is 0 Å². The molecule has 1 amide bonds. The SMILES string of the molecule is C#CCCCCNC(=O)[C@H](N)CC(C)C. The quantitative estimate of drug-likeness (QED) is 0.491. The van der Waals surface area contributed by atoms with Crippen LogP contribution in [0.2, 0.25) is 0 Å². The second-order valence-electron chi connectivity index (χ2n) is 4.19. The molecule has 3 heteroatoms. The van der Waals surface area contributed by atoms with Crippen molar-refractivity contribution >= 4 is 5.91 Å². The first-order valence-electron chi connectivity index (χ1n) is 5.54. The van der Waals surface area contributed by atoms with E-state index >= 15 is 0 Å². The third-order valence-corrected chi connectivity index (χ3v) is 2.11. The largest absolute Gasteiger partial charge is 0.355 e. The standard InChI is InChI=1S/C12H22N2O/c1-4-5-6-7-8-14-12(15)11(13)9-10(2)3/h1,10-11H,5-9,13H2,2-3H3,(H,14,15)/t11-/m1/s1. The van der Waals surface area contributed by atoms with Crippen molar-refractivity contribution in [3.05, 3.63) is 0 Å². The van der Waals surface area contributed by atoms with Gasteiger partial charge in [0.15, 0.2) is 0 Å². The molecule has 0 bridgehead atoms. The summed E-state index contributed by atoms with van der Waals surface area (Å²) in [4.78, 5) is 11.4. The van der Waals surface area contributed by atoms with Crippen molar-refractivity contribution in [3.8, 4) is 12.3 Å². The van der Waals surface area contributed by atoms with E-state index in [1.165, 1.54) is 0 Å². The zero-order valence-electron chi connectivity index (χ0n) is 9.75. The highest BCUT2D eigenvalue weighted by atomic mass is 16.2. The second-order valence-corrected chi connectivity index (χ2v) is 4.19. The summed E-state index contributed by atoms with van der Waals surface area (Å²) in [6, 6.07) is -0.377. The predicted molar refractivity (Wildman–Crippen MR) is 63.1 cm³/mol. The predicted octanol–water partition coefficient (Wildman–Crippen LogP) is 1.28. The third kappa shape index (κ3) is 8.02. The Kier molecular flexibility index (Phi) is 7.75. The Labute approximate surface area is 92.8 Å². The molecule has 1 atom stereocenters. The van der Waals surface area contributed by atoms with Gasteiger partial charge in [0.05, 0.1) is 6.04 Å². The number of amides is 1. The molecule has 0 aliphatic rings. The lowest BCUT2D eigenvalue weighted by Crippen LogP contribution is -2.41. The molecule has 3 N–H and O–H groups in total. The van der Waals surface area contributed by atoms with Crippen LogP contribution in [0.25, 0.3) is 0 Å². The van der Waals surface area contributed by atoms with Gasteiger partial charge in [-0.2, -0.15) is 0 Å². The van der Waals surface area contributed by atoms with E-state index in [9.17, 15) is 4.79 Å². The fourth-order valence-corrected chi connectivity index (χ4v) is 1.31. The van der Waals surface area contributed by atoms with Gasteiger partial charge in [-0.3, -0.25) is 4.79 Å². The first-order chi connectivity index (χ1) is 7.07. The summed E-state index contributed by atoms with van der Waals surface area (Å²) in [6.07, 6.45) is 8.50. The summed E-state index contributed by atoms with van der Waals surface area (Å²) >= 11 is 0. The van der Waals surface area contributed by atoms with Gasteiger partial charge in [0, 0.05) is 13.0 Å². The van der Waals surface area contributed by atoms with Crippen molar-refractivity contribution in [2.45, 2.75) is 45.6 Å². The summed E-state index contributed by atoms with van der Waals surface area (Å²) in [5.41, 5.74) is 5.71. The molecule has 86 valence electrons. The summed E-state index contributed by atoms with van der Waals surface area (Å²) in [6.45, 7) is 4.78. The maximum absolute atomic E-state index is 11.4. The number of hydrogen-bond donors (Lipinski definition) is 2. The molecular formula is C12H22N2O. The summed E-state index contributed by atoms with van der Waals surface area (Å²) in [5, 5.41) is 2.81. The summed E-state index contributed by atoms with van der Waals surface area (Å²) in [5.74, 6) is 2.97. The molecule has 0 unspecified atom stereocenters. The molecule has 0 saturated heterocycles. The Morgan fingerprint density at radius 2 is 2.13 bits per heavy atom. The van der Waals surface area contributed by atoms with Crippen molar-refractivity contribution in [1.82, 2.24) is 5.32 Å². The van der Waals surface area contributed by atoms with Crippen LogP contribution in [-0.2, 0) is 4.79 Å². The van der Waals surface area contributed by atoms with Gasteiger partial charge in [-0.25, -0.2) is 0 Å². The average molecular weight is 210 g/mol. The molecule has 0 saturated carbocycles. The molecule has 0 radical (unpaired) electrons. The van der Waals surface area contributed by atoms with Crippen LogP contribution in [0.1, 0.15) is 39.5 Å². The van der Waals surface area contributed by atoms with Gasteiger partial charge in [-0.1, -0.05) is 13.8 Å². The van der Waals surface area contributed by atoms with E-state index in [1.54, 1.807) is 0 Å². The van der Waals surface area contributed by atoms with Crippen LogP contribution < -0.4 is 11.1 Å². The van der Waals surface area contributed by atoms with Gasteiger partial charge in [0.25, 0.3) is 0 Å². The van der Waals surface area contributed by atoms with Gasteiger partial charge < -0.3 is 11.1 Å². The lowest BCUT2D eigenvalue weighted by Gasteiger charge is -2.13. The Hall–Kier alpha value is -1.01. The van der Waals surface area contributed by atoms with Gasteiger partial charge in [-0.05, 0) is 25.2 Å². The smallest absolute Gasteiger partial charge is 0.236 e. The highest BCUT2D eigenvalue weighted by molar-refractivity contribution is 5.81. The van der Waals surface area contributed by atoms with Crippen LogP contribution >= 0.6 is 0 Å². The average Bonchev–Trinajstić information content (AvgIpc) is 2.16. The Morgan fingerprint density at radius 1 is 1.47 bits per heavy atom. The Morgan fingerprint density at radius 3 is 2.67 bits per heavy atom. The van der Waals surface area contributed by atoms with Crippen molar-refractivity contribution in [1.29, 1.82) is 0 Å². The minimum absolute atomic E-state index is 0.0515. The molecule has 0 fully saturated rings. The van der Waals surface area contributed by atoms with E-state index in [0.29, 0.717) is 12.5 Å². The molecule has 0 aromatic rings. The molecular weight excluding hydrogens is 188 g/mol. The van der Waals surface area contributed by atoms with E-state index in [0.717, 1.165) is 25.7 Å². The molecule has 15 heavy (non-hydrogen) atoms. The second kappa shape index (κ2) is 8.31. The zero-order chi connectivity index (χ0) is 11.7. The molecule has 0 aromatic heterocycles. The molecule has 0 aliphatic carbocycles. The van der Waals surface area contributed by atoms with Gasteiger partial charge in [0.2, 0.25) is 5.91 Å². The van der Waals surface area contributed by atoms with Gasteiger partial charge >= 0.3 is 0 Å². The highest BCUT2D eigenvalue weighted by Crippen LogP contribution is 2.02. The van der Waals surface area contributed by atoms with Crippen LogP contribution in [0.3, 0.4) is 0 Å². The first kappa shape index (κ1) is 14.0. The third-order valence-electron chi connectivity index (χ3n) is 2.11. The van der Waals surface area contributed by atoms with Gasteiger partial charge in [-0.15, -0.1) is 12.3 Å². The Balaban J connectivity index is 3.52. The van der Waals surface area contributed by atoms with E-state index < -0.39 is 0 Å². The molecule has 0 aromatic carbocycles. The normalized spacial score (nSPS) is 12.2. The minimum Gasteiger partial charge on any atom is -0.355 e. The van der Waals surface area contributed by atoms with E-state index in [4.69, 9.17) is 12.2 Å². The maximum Gasteiger partial charge on any atom is 0.236 e. The lowest BCUT2D eigenvalue weighted by molar-refractivity contribution is -0.122. The van der Waals surface area contributed by atoms with Crippen molar-refractivity contribution in [2.75, 3.05) is 6.54 Å². The number of nitrogens with one attached hydrogen (secondary N) is 1. The maximum atomic E-state index is 11.4. The fraction of sp³-hybridized carbons (Fsp3) is 0.750. The number of carbonyl (C=O) groups is 1. The highest BCUT2D eigenvalue weighted by Gasteiger charge is 2.13. The van der Waals surface area contributed by atoms with E-state index in [2.05, 4.69) is 25.1 Å². The molecule has 0 aliphatic heterocycles. The number of unbranched alkanes of at least 4 members (excludes halogenated alkanes) is 2.